The Balaban J connectivity index is 1.77. The van der Waals surface area contributed by atoms with Crippen molar-refractivity contribution in [1.82, 2.24) is 15.1 Å². The van der Waals surface area contributed by atoms with Crippen LogP contribution in [0, 0.1) is 17.8 Å². The highest BCUT2D eigenvalue weighted by molar-refractivity contribution is 5.80. The van der Waals surface area contributed by atoms with Crippen molar-refractivity contribution >= 4 is 5.96 Å². The van der Waals surface area contributed by atoms with Crippen molar-refractivity contribution in [2.24, 2.45) is 22.7 Å². The number of nitrogens with one attached hydrogen (secondary N) is 1. The smallest absolute Gasteiger partial charge is 0.193 e. The molecule has 0 spiro atoms. The van der Waals surface area contributed by atoms with Gasteiger partial charge >= 0.3 is 0 Å². The molecule has 2 fully saturated rings. The molecule has 2 heterocycles. The first-order valence-corrected chi connectivity index (χ1v) is 9.69. The Hall–Kier alpha value is -0.770. The molecule has 134 valence electrons. The fourth-order valence-electron chi connectivity index (χ4n) is 4.18. The molecule has 0 aromatic carbocycles. The van der Waals surface area contributed by atoms with Gasteiger partial charge in [0.05, 0.1) is 0 Å². The molecule has 2 aliphatic heterocycles. The van der Waals surface area contributed by atoms with E-state index in [1.54, 1.807) is 0 Å². The fourth-order valence-corrected chi connectivity index (χ4v) is 4.18. The third-order valence-corrected chi connectivity index (χ3v) is 5.43. The van der Waals surface area contributed by atoms with Crippen molar-refractivity contribution in [2.45, 2.75) is 59.4 Å². The highest BCUT2D eigenvalue weighted by Crippen LogP contribution is 2.23. The average Bonchev–Trinajstić information content (AvgIpc) is 2.95. The van der Waals surface area contributed by atoms with Gasteiger partial charge in [-0.2, -0.15) is 0 Å². The van der Waals surface area contributed by atoms with E-state index < -0.39 is 0 Å². The zero-order chi connectivity index (χ0) is 16.8. The summed E-state index contributed by atoms with van der Waals surface area (Å²) in [5.41, 5.74) is 0. The van der Waals surface area contributed by atoms with E-state index >= 15 is 0 Å². The molecule has 0 aromatic heterocycles. The molecule has 4 heteroatoms. The van der Waals surface area contributed by atoms with Crippen LogP contribution in [-0.4, -0.2) is 61.6 Å². The molecular formula is C19H38N4. The lowest BCUT2D eigenvalue weighted by atomic mass is 9.97. The average molecular weight is 323 g/mol. The van der Waals surface area contributed by atoms with Crippen LogP contribution in [0.25, 0.3) is 0 Å². The van der Waals surface area contributed by atoms with Gasteiger partial charge in [0.25, 0.3) is 0 Å². The second-order valence-corrected chi connectivity index (χ2v) is 8.26. The van der Waals surface area contributed by atoms with Crippen LogP contribution in [0.5, 0.6) is 0 Å². The minimum atomic E-state index is 0.674. The van der Waals surface area contributed by atoms with Crippen LogP contribution in [0.1, 0.15) is 53.4 Å². The van der Waals surface area contributed by atoms with Crippen molar-refractivity contribution in [3.05, 3.63) is 0 Å². The molecule has 2 unspecified atom stereocenters. The van der Waals surface area contributed by atoms with Crippen LogP contribution in [0.15, 0.2) is 4.99 Å². The minimum Gasteiger partial charge on any atom is -0.356 e. The Labute approximate surface area is 143 Å². The van der Waals surface area contributed by atoms with E-state index in [9.17, 15) is 0 Å². The van der Waals surface area contributed by atoms with E-state index in [2.05, 4.69) is 47.8 Å². The van der Waals surface area contributed by atoms with E-state index in [1.807, 2.05) is 7.05 Å². The topological polar surface area (TPSA) is 30.9 Å². The normalized spacial score (nSPS) is 27.3. The van der Waals surface area contributed by atoms with Gasteiger partial charge in [0.1, 0.15) is 0 Å². The number of hydrogen-bond acceptors (Lipinski definition) is 2. The third kappa shape index (κ3) is 5.66. The van der Waals surface area contributed by atoms with Gasteiger partial charge in [0, 0.05) is 39.3 Å². The quantitative estimate of drug-likeness (QED) is 0.623. The van der Waals surface area contributed by atoms with Crippen molar-refractivity contribution in [3.63, 3.8) is 0 Å². The summed E-state index contributed by atoms with van der Waals surface area (Å²) < 4.78 is 0. The largest absolute Gasteiger partial charge is 0.356 e. The second kappa shape index (κ2) is 8.91. The minimum absolute atomic E-state index is 0.674. The number of rotatable bonds is 5. The van der Waals surface area contributed by atoms with Gasteiger partial charge in [-0.1, -0.05) is 13.8 Å². The predicted molar refractivity (Wildman–Crippen MR) is 99.9 cm³/mol. The molecule has 23 heavy (non-hydrogen) atoms. The Morgan fingerprint density at radius 2 is 1.87 bits per heavy atom. The number of piperidine rings is 1. The third-order valence-electron chi connectivity index (χ3n) is 5.43. The molecule has 2 saturated heterocycles. The van der Waals surface area contributed by atoms with Crippen LogP contribution in [0.3, 0.4) is 0 Å². The number of guanidine groups is 1. The Kier molecular flexibility index (Phi) is 7.19. The van der Waals surface area contributed by atoms with Crippen LogP contribution in [-0.2, 0) is 0 Å². The van der Waals surface area contributed by atoms with Gasteiger partial charge in [0.15, 0.2) is 5.96 Å². The lowest BCUT2D eigenvalue weighted by Crippen LogP contribution is -2.46. The molecule has 2 aliphatic rings. The summed E-state index contributed by atoms with van der Waals surface area (Å²) in [6, 6.07) is 0.674. The van der Waals surface area contributed by atoms with E-state index in [0.29, 0.717) is 6.04 Å². The standard InChI is InChI=1S/C19H38N4/c1-15(2)11-17-8-10-23(13-17)19(20-5)21-12-18-7-6-9-22(14-18)16(3)4/h15-18H,6-14H2,1-5H3,(H,20,21). The summed E-state index contributed by atoms with van der Waals surface area (Å²) in [6.45, 7) is 15.2. The van der Waals surface area contributed by atoms with Crippen LogP contribution >= 0.6 is 0 Å². The summed E-state index contributed by atoms with van der Waals surface area (Å²) in [5.74, 6) is 3.54. The summed E-state index contributed by atoms with van der Waals surface area (Å²) in [6.07, 6.45) is 5.36. The number of aliphatic imine (C=N–C) groups is 1. The number of likely N-dealkylation sites (tertiary alicyclic amines) is 2. The first-order chi connectivity index (χ1) is 11.0. The van der Waals surface area contributed by atoms with Crippen molar-refractivity contribution in [3.8, 4) is 0 Å². The summed E-state index contributed by atoms with van der Waals surface area (Å²) >= 11 is 0. The summed E-state index contributed by atoms with van der Waals surface area (Å²) in [5, 5.41) is 3.66. The van der Waals surface area contributed by atoms with E-state index in [1.165, 1.54) is 51.9 Å². The molecule has 0 amide bonds. The van der Waals surface area contributed by atoms with Gasteiger partial charge in [0.2, 0.25) is 0 Å². The van der Waals surface area contributed by atoms with Gasteiger partial charge < -0.3 is 15.1 Å². The van der Waals surface area contributed by atoms with Gasteiger partial charge in [-0.15, -0.1) is 0 Å². The van der Waals surface area contributed by atoms with Crippen LogP contribution in [0.2, 0.25) is 0 Å². The Bertz CT molecular complexity index is 378. The van der Waals surface area contributed by atoms with Crippen LogP contribution < -0.4 is 5.32 Å². The molecule has 0 radical (unpaired) electrons. The SMILES string of the molecule is CN=C(NCC1CCCN(C(C)C)C1)N1CCC(CC(C)C)C1. The number of hydrogen-bond donors (Lipinski definition) is 1. The van der Waals surface area contributed by atoms with Crippen molar-refractivity contribution < 1.29 is 0 Å². The van der Waals surface area contributed by atoms with Gasteiger partial charge in [-0.05, 0) is 63.8 Å². The van der Waals surface area contributed by atoms with E-state index in [-0.39, 0.29) is 0 Å². The first-order valence-electron chi connectivity index (χ1n) is 9.69. The van der Waals surface area contributed by atoms with Crippen LogP contribution in [0.4, 0.5) is 0 Å². The maximum absolute atomic E-state index is 4.54. The molecule has 4 nitrogen and oxygen atoms in total. The lowest BCUT2D eigenvalue weighted by Gasteiger charge is -2.36. The highest BCUT2D eigenvalue weighted by atomic mass is 15.3. The van der Waals surface area contributed by atoms with Crippen molar-refractivity contribution in [2.75, 3.05) is 39.8 Å². The van der Waals surface area contributed by atoms with Gasteiger partial charge in [-0.3, -0.25) is 4.99 Å². The molecule has 0 aromatic rings. The lowest BCUT2D eigenvalue weighted by molar-refractivity contribution is 0.140. The maximum atomic E-state index is 4.54. The summed E-state index contributed by atoms with van der Waals surface area (Å²) in [7, 11) is 1.93. The monoisotopic (exact) mass is 322 g/mol. The Morgan fingerprint density at radius 1 is 1.09 bits per heavy atom. The molecule has 0 bridgehead atoms. The van der Waals surface area contributed by atoms with E-state index in [0.717, 1.165) is 30.3 Å². The first kappa shape index (κ1) is 18.6. The van der Waals surface area contributed by atoms with Gasteiger partial charge in [-0.25, -0.2) is 0 Å². The molecule has 2 atom stereocenters. The summed E-state index contributed by atoms with van der Waals surface area (Å²) in [4.78, 5) is 9.63. The maximum Gasteiger partial charge on any atom is 0.193 e. The van der Waals surface area contributed by atoms with Crippen molar-refractivity contribution in [1.29, 1.82) is 0 Å². The fraction of sp³-hybridized carbons (Fsp3) is 0.947. The number of nitrogens with zero attached hydrogens (tertiary/aromatic N) is 3. The molecule has 0 saturated carbocycles. The highest BCUT2D eigenvalue weighted by Gasteiger charge is 2.26. The zero-order valence-corrected chi connectivity index (χ0v) is 16.0. The second-order valence-electron chi connectivity index (χ2n) is 8.26. The zero-order valence-electron chi connectivity index (χ0n) is 16.0. The Morgan fingerprint density at radius 3 is 2.52 bits per heavy atom. The molecule has 2 rings (SSSR count). The predicted octanol–water partition coefficient (Wildman–Crippen LogP) is 3.05. The molecule has 1 N–H and O–H groups in total. The van der Waals surface area contributed by atoms with E-state index in [4.69, 9.17) is 0 Å². The molecular weight excluding hydrogens is 284 g/mol. The molecule has 0 aliphatic carbocycles.